The number of thioether (sulfide) groups is 1. The van der Waals surface area contributed by atoms with Crippen molar-refractivity contribution in [2.24, 2.45) is 11.5 Å². The minimum absolute atomic E-state index is 0.0345. The number of aliphatic carboxylic acids is 1. The summed E-state index contributed by atoms with van der Waals surface area (Å²) >= 11 is 5.47. The first kappa shape index (κ1) is 27.0. The van der Waals surface area contributed by atoms with Gasteiger partial charge in [-0.1, -0.05) is 0 Å². The standard InChI is InChI=1S/C16H29N5O6S2/c1-8(16(26)27)19-15(25)11(7-28)21-14(24)10(5-6-29-2)20-13(23)9(17)3-4-12(18)22/h8-11,28H,3-7,17H2,1-2H3,(H2,18,22)(H,19,25)(H,20,23)(H,21,24)(H,26,27). The highest BCUT2D eigenvalue weighted by atomic mass is 32.2. The molecule has 11 nitrogen and oxygen atoms in total. The Bertz CT molecular complexity index is 606. The Labute approximate surface area is 178 Å². The van der Waals surface area contributed by atoms with E-state index in [9.17, 15) is 24.0 Å². The topological polar surface area (TPSA) is 194 Å². The van der Waals surface area contributed by atoms with E-state index < -0.39 is 53.8 Å². The van der Waals surface area contributed by atoms with Gasteiger partial charge < -0.3 is 32.5 Å². The molecule has 4 atom stereocenters. The van der Waals surface area contributed by atoms with Crippen LogP contribution in [0, 0.1) is 0 Å². The van der Waals surface area contributed by atoms with Crippen LogP contribution in [-0.4, -0.2) is 76.6 Å². The molecule has 29 heavy (non-hydrogen) atoms. The number of nitrogens with two attached hydrogens (primary N) is 2. The molecule has 0 bridgehead atoms. The molecule has 166 valence electrons. The molecular formula is C16H29N5O6S2. The predicted molar refractivity (Wildman–Crippen MR) is 112 cm³/mol. The number of carboxylic acids is 1. The number of hydrogen-bond acceptors (Lipinski definition) is 8. The summed E-state index contributed by atoms with van der Waals surface area (Å²) < 4.78 is 0. The number of carbonyl (C=O) groups excluding carboxylic acids is 4. The van der Waals surface area contributed by atoms with E-state index in [1.54, 1.807) is 0 Å². The molecule has 0 rings (SSSR count). The summed E-state index contributed by atoms with van der Waals surface area (Å²) in [6.07, 6.45) is 2.06. The van der Waals surface area contributed by atoms with Gasteiger partial charge in [0.15, 0.2) is 0 Å². The van der Waals surface area contributed by atoms with Gasteiger partial charge in [0.05, 0.1) is 6.04 Å². The summed E-state index contributed by atoms with van der Waals surface area (Å²) in [4.78, 5) is 58.6. The molecule has 4 amide bonds. The zero-order valence-electron chi connectivity index (χ0n) is 16.3. The van der Waals surface area contributed by atoms with E-state index in [-0.39, 0.29) is 25.0 Å². The Kier molecular flexibility index (Phi) is 13.1. The van der Waals surface area contributed by atoms with Crippen molar-refractivity contribution in [1.29, 1.82) is 0 Å². The Hall–Kier alpha value is -1.99. The van der Waals surface area contributed by atoms with Gasteiger partial charge in [-0.15, -0.1) is 0 Å². The molecule has 0 fully saturated rings. The van der Waals surface area contributed by atoms with Crippen LogP contribution in [0.15, 0.2) is 0 Å². The Balaban J connectivity index is 5.03. The zero-order chi connectivity index (χ0) is 22.6. The van der Waals surface area contributed by atoms with Gasteiger partial charge in [0.25, 0.3) is 0 Å². The summed E-state index contributed by atoms with van der Waals surface area (Å²) in [7, 11) is 0. The Morgan fingerprint density at radius 2 is 1.55 bits per heavy atom. The van der Waals surface area contributed by atoms with Gasteiger partial charge >= 0.3 is 5.97 Å². The molecule has 0 radical (unpaired) electrons. The smallest absolute Gasteiger partial charge is 0.325 e. The van der Waals surface area contributed by atoms with Crippen LogP contribution in [0.25, 0.3) is 0 Å². The van der Waals surface area contributed by atoms with Gasteiger partial charge in [-0.2, -0.15) is 24.4 Å². The average molecular weight is 452 g/mol. The molecule has 0 aromatic carbocycles. The van der Waals surface area contributed by atoms with Crippen LogP contribution < -0.4 is 27.4 Å². The zero-order valence-corrected chi connectivity index (χ0v) is 18.1. The van der Waals surface area contributed by atoms with Crippen LogP contribution >= 0.6 is 24.4 Å². The number of amides is 4. The van der Waals surface area contributed by atoms with Crippen molar-refractivity contribution in [3.05, 3.63) is 0 Å². The third-order valence-corrected chi connectivity index (χ3v) is 4.84. The largest absolute Gasteiger partial charge is 0.480 e. The van der Waals surface area contributed by atoms with Crippen LogP contribution in [0.3, 0.4) is 0 Å². The van der Waals surface area contributed by atoms with Crippen LogP contribution in [0.4, 0.5) is 0 Å². The predicted octanol–water partition coefficient (Wildman–Crippen LogP) is -2.18. The maximum absolute atomic E-state index is 12.6. The number of rotatable bonds is 14. The third kappa shape index (κ3) is 10.9. The fraction of sp³-hybridized carbons (Fsp3) is 0.688. The lowest BCUT2D eigenvalue weighted by atomic mass is 10.1. The summed E-state index contributed by atoms with van der Waals surface area (Å²) in [6, 6.07) is -4.23. The number of carbonyl (C=O) groups is 5. The van der Waals surface area contributed by atoms with Crippen LogP contribution in [0.5, 0.6) is 0 Å². The van der Waals surface area contributed by atoms with Crippen molar-refractivity contribution in [3.8, 4) is 0 Å². The van der Waals surface area contributed by atoms with Crippen molar-refractivity contribution in [1.82, 2.24) is 16.0 Å². The molecule has 0 aliphatic heterocycles. The SMILES string of the molecule is CSCCC(NC(=O)C(N)CCC(N)=O)C(=O)NC(CS)C(=O)NC(C)C(=O)O. The summed E-state index contributed by atoms with van der Waals surface area (Å²) in [5.74, 6) is -3.32. The number of nitrogens with one attached hydrogen (secondary N) is 3. The van der Waals surface area contributed by atoms with Crippen molar-refractivity contribution < 1.29 is 29.1 Å². The third-order valence-electron chi connectivity index (χ3n) is 3.83. The average Bonchev–Trinajstić information content (AvgIpc) is 2.66. The van der Waals surface area contributed by atoms with Crippen molar-refractivity contribution in [2.75, 3.05) is 17.8 Å². The van der Waals surface area contributed by atoms with Gasteiger partial charge in [-0.3, -0.25) is 24.0 Å². The molecule has 0 spiro atoms. The molecule has 0 saturated heterocycles. The second-order valence-electron chi connectivity index (χ2n) is 6.27. The van der Waals surface area contributed by atoms with E-state index in [0.29, 0.717) is 5.75 Å². The maximum Gasteiger partial charge on any atom is 0.325 e. The second-order valence-corrected chi connectivity index (χ2v) is 7.62. The first-order valence-corrected chi connectivity index (χ1v) is 10.8. The first-order chi connectivity index (χ1) is 13.5. The summed E-state index contributed by atoms with van der Waals surface area (Å²) in [5.41, 5.74) is 10.7. The molecule has 8 N–H and O–H groups in total. The monoisotopic (exact) mass is 451 g/mol. The van der Waals surface area contributed by atoms with E-state index in [2.05, 4.69) is 28.6 Å². The molecule has 0 saturated carbocycles. The van der Waals surface area contributed by atoms with E-state index in [4.69, 9.17) is 16.6 Å². The quantitative estimate of drug-likeness (QED) is 0.145. The van der Waals surface area contributed by atoms with E-state index in [0.717, 1.165) is 0 Å². The van der Waals surface area contributed by atoms with Crippen LogP contribution in [0.2, 0.25) is 0 Å². The second kappa shape index (κ2) is 14.1. The Morgan fingerprint density at radius 3 is 2.03 bits per heavy atom. The van der Waals surface area contributed by atoms with Gasteiger partial charge in [-0.25, -0.2) is 0 Å². The fourth-order valence-corrected chi connectivity index (χ4v) is 2.78. The van der Waals surface area contributed by atoms with Crippen molar-refractivity contribution in [2.45, 2.75) is 50.4 Å². The highest BCUT2D eigenvalue weighted by Crippen LogP contribution is 2.04. The van der Waals surface area contributed by atoms with E-state index in [1.807, 2.05) is 6.26 Å². The minimum Gasteiger partial charge on any atom is -0.480 e. The lowest BCUT2D eigenvalue weighted by Gasteiger charge is -2.23. The van der Waals surface area contributed by atoms with Gasteiger partial charge in [0.1, 0.15) is 18.1 Å². The number of carboxylic acid groups (broad SMARTS) is 1. The molecule has 0 aromatic heterocycles. The van der Waals surface area contributed by atoms with Crippen molar-refractivity contribution >= 4 is 54.0 Å². The van der Waals surface area contributed by atoms with E-state index >= 15 is 0 Å². The molecule has 0 aliphatic rings. The number of hydrogen-bond donors (Lipinski definition) is 7. The number of primary amides is 1. The lowest BCUT2D eigenvalue weighted by Crippen LogP contribution is -2.57. The van der Waals surface area contributed by atoms with Gasteiger partial charge in [0.2, 0.25) is 23.6 Å². The lowest BCUT2D eigenvalue weighted by molar-refractivity contribution is -0.141. The van der Waals surface area contributed by atoms with Crippen LogP contribution in [0.1, 0.15) is 26.2 Å². The van der Waals surface area contributed by atoms with Crippen LogP contribution in [-0.2, 0) is 24.0 Å². The molecule has 0 aliphatic carbocycles. The highest BCUT2D eigenvalue weighted by Gasteiger charge is 2.28. The summed E-state index contributed by atoms with van der Waals surface area (Å²) in [6.45, 7) is 1.28. The van der Waals surface area contributed by atoms with E-state index in [1.165, 1.54) is 18.7 Å². The molecule has 4 unspecified atom stereocenters. The maximum atomic E-state index is 12.6. The number of thiol groups is 1. The first-order valence-electron chi connectivity index (χ1n) is 8.81. The van der Waals surface area contributed by atoms with Crippen molar-refractivity contribution in [3.63, 3.8) is 0 Å². The molecular weight excluding hydrogens is 422 g/mol. The normalized spacial score (nSPS) is 14.8. The molecule has 0 aromatic rings. The fourth-order valence-electron chi connectivity index (χ4n) is 2.05. The highest BCUT2D eigenvalue weighted by molar-refractivity contribution is 7.98. The molecule has 0 heterocycles. The summed E-state index contributed by atoms with van der Waals surface area (Å²) in [5, 5.41) is 16.1. The Morgan fingerprint density at radius 1 is 1.00 bits per heavy atom. The molecule has 13 heteroatoms. The van der Waals surface area contributed by atoms with Gasteiger partial charge in [-0.05, 0) is 31.8 Å². The van der Waals surface area contributed by atoms with Gasteiger partial charge in [0, 0.05) is 12.2 Å². The minimum atomic E-state index is -1.22.